The molecule has 120 valence electrons. The molecule has 1 aliphatic carbocycles. The Balaban J connectivity index is 1.64. The zero-order valence-corrected chi connectivity index (χ0v) is 13.5. The Morgan fingerprint density at radius 1 is 1.22 bits per heavy atom. The number of aliphatic hydroxyl groups excluding tert-OH is 1. The largest absolute Gasteiger partial charge is 0.390 e. The van der Waals surface area contributed by atoms with E-state index in [0.717, 1.165) is 16.7 Å². The summed E-state index contributed by atoms with van der Waals surface area (Å²) in [7, 11) is 0. The number of hydrogen-bond donors (Lipinski definition) is 3. The van der Waals surface area contributed by atoms with E-state index in [-0.39, 0.29) is 18.1 Å². The Bertz CT molecular complexity index is 702. The second-order valence-corrected chi connectivity index (χ2v) is 6.28. The van der Waals surface area contributed by atoms with Crippen molar-refractivity contribution in [1.29, 1.82) is 0 Å². The third kappa shape index (κ3) is 3.49. The van der Waals surface area contributed by atoms with E-state index in [9.17, 15) is 9.90 Å². The molecule has 0 saturated carbocycles. The smallest absolute Gasteiger partial charge is 0.315 e. The minimum atomic E-state index is -0.594. The fourth-order valence-corrected chi connectivity index (χ4v) is 3.09. The van der Waals surface area contributed by atoms with Gasteiger partial charge < -0.3 is 15.7 Å². The Hall–Kier alpha value is -2.04. The van der Waals surface area contributed by atoms with Crippen molar-refractivity contribution in [2.24, 2.45) is 0 Å². The quantitative estimate of drug-likeness (QED) is 0.808. The van der Waals surface area contributed by atoms with Crippen molar-refractivity contribution in [3.05, 3.63) is 70.2 Å². The lowest BCUT2D eigenvalue weighted by atomic mass is 10.1. The van der Waals surface area contributed by atoms with Crippen LogP contribution in [0.2, 0.25) is 5.02 Å². The van der Waals surface area contributed by atoms with Crippen LogP contribution in [0.15, 0.2) is 48.5 Å². The number of fused-ring (bicyclic) bond motifs is 1. The highest BCUT2D eigenvalue weighted by atomic mass is 35.5. The van der Waals surface area contributed by atoms with E-state index < -0.39 is 6.10 Å². The molecular formula is C18H19ClN2O2. The summed E-state index contributed by atoms with van der Waals surface area (Å²) in [6, 6.07) is 14.3. The number of nitrogens with one attached hydrogen (secondary N) is 2. The van der Waals surface area contributed by atoms with E-state index in [0.29, 0.717) is 11.4 Å². The van der Waals surface area contributed by atoms with Gasteiger partial charge in [-0.1, -0.05) is 48.0 Å². The topological polar surface area (TPSA) is 61.4 Å². The second kappa shape index (κ2) is 6.60. The van der Waals surface area contributed by atoms with Crippen LogP contribution in [0.1, 0.15) is 35.7 Å². The summed E-state index contributed by atoms with van der Waals surface area (Å²) in [4.78, 5) is 12.2. The normalized spacial score (nSPS) is 20.7. The van der Waals surface area contributed by atoms with Gasteiger partial charge in [0.25, 0.3) is 0 Å². The van der Waals surface area contributed by atoms with Crippen LogP contribution in [-0.2, 0) is 6.42 Å². The van der Waals surface area contributed by atoms with Crippen LogP contribution in [0.25, 0.3) is 0 Å². The number of urea groups is 1. The zero-order chi connectivity index (χ0) is 16.4. The molecule has 5 heteroatoms. The van der Waals surface area contributed by atoms with Gasteiger partial charge in [0, 0.05) is 11.4 Å². The first-order chi connectivity index (χ1) is 11.0. The predicted molar refractivity (Wildman–Crippen MR) is 90.4 cm³/mol. The summed E-state index contributed by atoms with van der Waals surface area (Å²) >= 11 is 5.87. The van der Waals surface area contributed by atoms with Crippen LogP contribution < -0.4 is 10.6 Å². The Labute approximate surface area is 140 Å². The van der Waals surface area contributed by atoms with Gasteiger partial charge in [-0.25, -0.2) is 4.79 Å². The predicted octanol–water partition coefficient (Wildman–Crippen LogP) is 3.36. The number of carbonyl (C=O) groups excluding carboxylic acids is 1. The molecule has 2 aromatic rings. The molecule has 4 nitrogen and oxygen atoms in total. The van der Waals surface area contributed by atoms with Crippen molar-refractivity contribution >= 4 is 17.6 Å². The van der Waals surface area contributed by atoms with Crippen LogP contribution >= 0.6 is 11.6 Å². The van der Waals surface area contributed by atoms with Gasteiger partial charge >= 0.3 is 6.03 Å². The first-order valence-electron chi connectivity index (χ1n) is 7.63. The van der Waals surface area contributed by atoms with Gasteiger partial charge in [0.2, 0.25) is 0 Å². The zero-order valence-electron chi connectivity index (χ0n) is 12.8. The van der Waals surface area contributed by atoms with E-state index in [2.05, 4.69) is 10.6 Å². The monoisotopic (exact) mass is 330 g/mol. The van der Waals surface area contributed by atoms with E-state index in [1.54, 1.807) is 12.1 Å². The van der Waals surface area contributed by atoms with Crippen LogP contribution in [0.4, 0.5) is 4.79 Å². The number of halogens is 1. The summed E-state index contributed by atoms with van der Waals surface area (Å²) in [6.07, 6.45) is -0.0302. The number of hydrogen-bond acceptors (Lipinski definition) is 2. The molecule has 23 heavy (non-hydrogen) atoms. The summed E-state index contributed by atoms with van der Waals surface area (Å²) in [6.45, 7) is 1.90. The van der Waals surface area contributed by atoms with Crippen molar-refractivity contribution < 1.29 is 9.90 Å². The van der Waals surface area contributed by atoms with Crippen molar-refractivity contribution in [2.45, 2.75) is 31.5 Å². The number of amides is 2. The highest BCUT2D eigenvalue weighted by Gasteiger charge is 2.32. The van der Waals surface area contributed by atoms with Crippen LogP contribution in [-0.4, -0.2) is 17.2 Å². The van der Waals surface area contributed by atoms with Crippen LogP contribution in [0.5, 0.6) is 0 Å². The van der Waals surface area contributed by atoms with E-state index >= 15 is 0 Å². The van der Waals surface area contributed by atoms with Gasteiger partial charge in [0.05, 0.1) is 18.2 Å². The first-order valence-corrected chi connectivity index (χ1v) is 8.01. The fraction of sp³-hybridized carbons (Fsp3) is 0.278. The molecular weight excluding hydrogens is 312 g/mol. The minimum absolute atomic E-state index is 0.152. The molecule has 0 spiro atoms. The molecule has 2 aromatic carbocycles. The highest BCUT2D eigenvalue weighted by Crippen LogP contribution is 2.31. The third-order valence-corrected chi connectivity index (χ3v) is 4.46. The number of benzene rings is 2. The van der Waals surface area contributed by atoms with Crippen LogP contribution in [0.3, 0.4) is 0 Å². The minimum Gasteiger partial charge on any atom is -0.390 e. The van der Waals surface area contributed by atoms with Gasteiger partial charge in [-0.15, -0.1) is 0 Å². The maximum atomic E-state index is 12.2. The Kier molecular flexibility index (Phi) is 4.55. The maximum absolute atomic E-state index is 12.2. The maximum Gasteiger partial charge on any atom is 0.315 e. The summed E-state index contributed by atoms with van der Waals surface area (Å²) in [5.74, 6) is 0. The van der Waals surface area contributed by atoms with Crippen molar-refractivity contribution in [3.63, 3.8) is 0 Å². The Morgan fingerprint density at radius 3 is 2.65 bits per heavy atom. The molecule has 3 N–H and O–H groups in total. The van der Waals surface area contributed by atoms with Crippen molar-refractivity contribution in [2.75, 3.05) is 0 Å². The average Bonchev–Trinajstić information content (AvgIpc) is 2.84. The van der Waals surface area contributed by atoms with Crippen LogP contribution in [0, 0.1) is 0 Å². The summed E-state index contributed by atoms with van der Waals surface area (Å²) in [5.41, 5.74) is 3.03. The van der Waals surface area contributed by atoms with Gasteiger partial charge in [-0.2, -0.15) is 0 Å². The highest BCUT2D eigenvalue weighted by molar-refractivity contribution is 6.30. The average molecular weight is 331 g/mol. The standard InChI is InChI=1S/C18H19ClN2O2/c1-11(12-6-8-14(19)9-7-12)20-18(23)21-17-15-5-3-2-4-13(15)10-16(17)22/h2-9,11,16-17,22H,10H2,1H3,(H2,20,21,23). The molecule has 0 aromatic heterocycles. The third-order valence-electron chi connectivity index (χ3n) is 4.21. The molecule has 0 bridgehead atoms. The molecule has 3 unspecified atom stereocenters. The fourth-order valence-electron chi connectivity index (χ4n) is 2.96. The summed E-state index contributed by atoms with van der Waals surface area (Å²) in [5, 5.41) is 16.6. The lowest BCUT2D eigenvalue weighted by Crippen LogP contribution is -2.41. The molecule has 1 aliphatic rings. The molecule has 0 saturated heterocycles. The Morgan fingerprint density at radius 2 is 1.91 bits per heavy atom. The number of carbonyl (C=O) groups is 1. The van der Waals surface area contributed by atoms with Gasteiger partial charge in [0.1, 0.15) is 0 Å². The van der Waals surface area contributed by atoms with E-state index in [4.69, 9.17) is 11.6 Å². The van der Waals surface area contributed by atoms with Gasteiger partial charge in [-0.05, 0) is 35.7 Å². The number of rotatable bonds is 3. The second-order valence-electron chi connectivity index (χ2n) is 5.84. The van der Waals surface area contributed by atoms with Gasteiger partial charge in [-0.3, -0.25) is 0 Å². The molecule has 2 amide bonds. The van der Waals surface area contributed by atoms with Crippen molar-refractivity contribution in [1.82, 2.24) is 10.6 Å². The molecule has 0 fully saturated rings. The first kappa shape index (κ1) is 15.8. The SMILES string of the molecule is CC(NC(=O)NC1c2ccccc2CC1O)c1ccc(Cl)cc1. The molecule has 0 radical (unpaired) electrons. The van der Waals surface area contributed by atoms with E-state index in [1.165, 1.54) is 0 Å². The molecule has 0 heterocycles. The summed E-state index contributed by atoms with van der Waals surface area (Å²) < 4.78 is 0. The van der Waals surface area contributed by atoms with E-state index in [1.807, 2.05) is 43.3 Å². The lowest BCUT2D eigenvalue weighted by molar-refractivity contribution is 0.142. The van der Waals surface area contributed by atoms with Crippen molar-refractivity contribution in [3.8, 4) is 0 Å². The molecule has 3 rings (SSSR count). The van der Waals surface area contributed by atoms with Gasteiger partial charge in [0.15, 0.2) is 0 Å². The molecule has 3 atom stereocenters. The lowest BCUT2D eigenvalue weighted by Gasteiger charge is -2.21. The molecule has 0 aliphatic heterocycles. The number of aliphatic hydroxyl groups is 1.